The standard InChI is InChI=1S/C23H17N5O/c1-15-21(27-23-24-12-5-13-28(15)23)17-7-4-8-18(14-17)25-22(29)20-11-10-16-6-2-3-9-19(16)26-20/h2-14H,1H3,(H,25,29). The van der Waals surface area contributed by atoms with Crippen LogP contribution in [0.2, 0.25) is 0 Å². The zero-order valence-electron chi connectivity index (χ0n) is 15.7. The maximum absolute atomic E-state index is 12.7. The maximum Gasteiger partial charge on any atom is 0.274 e. The van der Waals surface area contributed by atoms with Crippen molar-refractivity contribution in [2.45, 2.75) is 6.92 Å². The molecule has 6 heteroatoms. The van der Waals surface area contributed by atoms with Gasteiger partial charge in [0.15, 0.2) is 0 Å². The molecule has 0 spiro atoms. The predicted octanol–water partition coefficient (Wildman–Crippen LogP) is 4.51. The number of hydrogen-bond donors (Lipinski definition) is 1. The Morgan fingerprint density at radius 3 is 2.76 bits per heavy atom. The number of imidazole rings is 1. The van der Waals surface area contributed by atoms with Crippen LogP contribution in [0.3, 0.4) is 0 Å². The van der Waals surface area contributed by atoms with E-state index in [0.717, 1.165) is 27.9 Å². The zero-order valence-corrected chi connectivity index (χ0v) is 15.7. The fourth-order valence-corrected chi connectivity index (χ4v) is 3.41. The van der Waals surface area contributed by atoms with Gasteiger partial charge in [0.1, 0.15) is 5.69 Å². The van der Waals surface area contributed by atoms with Crippen molar-refractivity contribution >= 4 is 28.3 Å². The topological polar surface area (TPSA) is 72.2 Å². The molecular formula is C23H17N5O. The number of nitrogens with zero attached hydrogens (tertiary/aromatic N) is 4. The van der Waals surface area contributed by atoms with Gasteiger partial charge < -0.3 is 5.32 Å². The quantitative estimate of drug-likeness (QED) is 0.501. The number of carbonyl (C=O) groups is 1. The molecule has 0 radical (unpaired) electrons. The van der Waals surface area contributed by atoms with E-state index in [1.165, 1.54) is 0 Å². The molecule has 3 heterocycles. The molecule has 0 aliphatic carbocycles. The van der Waals surface area contributed by atoms with Gasteiger partial charge in [0.25, 0.3) is 5.91 Å². The lowest BCUT2D eigenvalue weighted by molar-refractivity contribution is 0.102. The summed E-state index contributed by atoms with van der Waals surface area (Å²) in [5, 5.41) is 3.94. The maximum atomic E-state index is 12.7. The van der Waals surface area contributed by atoms with E-state index in [1.54, 1.807) is 12.3 Å². The number of nitrogens with one attached hydrogen (secondary N) is 1. The molecule has 0 saturated heterocycles. The third kappa shape index (κ3) is 3.10. The van der Waals surface area contributed by atoms with Crippen LogP contribution in [0.1, 0.15) is 16.2 Å². The van der Waals surface area contributed by atoms with Crippen LogP contribution in [0.25, 0.3) is 27.9 Å². The minimum absolute atomic E-state index is 0.249. The molecule has 3 aromatic heterocycles. The average Bonchev–Trinajstić information content (AvgIpc) is 3.10. The molecule has 5 rings (SSSR count). The lowest BCUT2D eigenvalue weighted by atomic mass is 10.1. The van der Waals surface area contributed by atoms with Crippen molar-refractivity contribution in [3.63, 3.8) is 0 Å². The molecule has 0 atom stereocenters. The number of pyridine rings is 1. The molecule has 29 heavy (non-hydrogen) atoms. The molecule has 1 amide bonds. The minimum Gasteiger partial charge on any atom is -0.321 e. The monoisotopic (exact) mass is 379 g/mol. The van der Waals surface area contributed by atoms with Crippen molar-refractivity contribution in [1.29, 1.82) is 0 Å². The number of rotatable bonds is 3. The summed E-state index contributed by atoms with van der Waals surface area (Å²) in [6, 6.07) is 20.9. The first kappa shape index (κ1) is 17.1. The molecule has 0 bridgehead atoms. The van der Waals surface area contributed by atoms with Gasteiger partial charge in [-0.15, -0.1) is 0 Å². The highest BCUT2D eigenvalue weighted by Gasteiger charge is 2.13. The number of carbonyl (C=O) groups excluding carboxylic acids is 1. The molecule has 0 aliphatic heterocycles. The van der Waals surface area contributed by atoms with Gasteiger partial charge in [0.05, 0.1) is 11.2 Å². The van der Waals surface area contributed by atoms with Crippen LogP contribution in [0, 0.1) is 6.92 Å². The number of aromatic nitrogens is 4. The summed E-state index contributed by atoms with van der Waals surface area (Å²) >= 11 is 0. The Morgan fingerprint density at radius 1 is 0.966 bits per heavy atom. The second-order valence-corrected chi connectivity index (χ2v) is 6.76. The Bertz CT molecular complexity index is 1370. The summed E-state index contributed by atoms with van der Waals surface area (Å²) in [4.78, 5) is 26.1. The van der Waals surface area contributed by atoms with E-state index in [4.69, 9.17) is 0 Å². The highest BCUT2D eigenvalue weighted by molar-refractivity contribution is 6.04. The summed E-state index contributed by atoms with van der Waals surface area (Å²) in [6.45, 7) is 2.00. The Kier molecular flexibility index (Phi) is 4.02. The van der Waals surface area contributed by atoms with Gasteiger partial charge in [-0.25, -0.2) is 15.0 Å². The van der Waals surface area contributed by atoms with Gasteiger partial charge in [-0.2, -0.15) is 0 Å². The summed E-state index contributed by atoms with van der Waals surface area (Å²) < 4.78 is 1.94. The highest BCUT2D eigenvalue weighted by Crippen LogP contribution is 2.26. The van der Waals surface area contributed by atoms with Gasteiger partial charge in [-0.05, 0) is 37.3 Å². The van der Waals surface area contributed by atoms with Crippen molar-refractivity contribution in [2.24, 2.45) is 0 Å². The molecule has 140 valence electrons. The average molecular weight is 379 g/mol. The first-order chi connectivity index (χ1) is 14.2. The van der Waals surface area contributed by atoms with Crippen LogP contribution in [-0.2, 0) is 0 Å². The summed E-state index contributed by atoms with van der Waals surface area (Å²) in [7, 11) is 0. The summed E-state index contributed by atoms with van der Waals surface area (Å²) in [6.07, 6.45) is 3.66. The highest BCUT2D eigenvalue weighted by atomic mass is 16.1. The minimum atomic E-state index is -0.249. The number of anilines is 1. The Labute approximate surface area is 166 Å². The third-order valence-corrected chi connectivity index (χ3v) is 4.87. The number of fused-ring (bicyclic) bond motifs is 2. The molecule has 0 saturated carbocycles. The van der Waals surface area contributed by atoms with E-state index >= 15 is 0 Å². The Hall–Kier alpha value is -4.06. The lowest BCUT2D eigenvalue weighted by Crippen LogP contribution is -2.13. The molecule has 1 N–H and O–H groups in total. The van der Waals surface area contributed by atoms with E-state index < -0.39 is 0 Å². The van der Waals surface area contributed by atoms with Gasteiger partial charge >= 0.3 is 0 Å². The number of amides is 1. The molecule has 2 aromatic carbocycles. The van der Waals surface area contributed by atoms with Crippen LogP contribution >= 0.6 is 0 Å². The van der Waals surface area contributed by atoms with Gasteiger partial charge in [0.2, 0.25) is 5.78 Å². The van der Waals surface area contributed by atoms with Gasteiger partial charge in [-0.1, -0.05) is 36.4 Å². The van der Waals surface area contributed by atoms with Crippen molar-refractivity contribution in [3.05, 3.63) is 90.5 Å². The number of benzene rings is 2. The number of para-hydroxylation sites is 1. The van der Waals surface area contributed by atoms with Crippen molar-refractivity contribution in [2.75, 3.05) is 5.32 Å². The van der Waals surface area contributed by atoms with E-state index in [1.807, 2.05) is 78.2 Å². The van der Waals surface area contributed by atoms with Crippen LogP contribution in [0.4, 0.5) is 5.69 Å². The first-order valence-electron chi connectivity index (χ1n) is 9.26. The summed E-state index contributed by atoms with van der Waals surface area (Å²) in [5.41, 5.74) is 4.60. The third-order valence-electron chi connectivity index (χ3n) is 4.87. The predicted molar refractivity (Wildman–Crippen MR) is 113 cm³/mol. The van der Waals surface area contributed by atoms with Crippen LogP contribution in [0.5, 0.6) is 0 Å². The van der Waals surface area contributed by atoms with Crippen molar-refractivity contribution < 1.29 is 4.79 Å². The van der Waals surface area contributed by atoms with Crippen molar-refractivity contribution in [1.82, 2.24) is 19.4 Å². The second kappa shape index (κ2) is 6.83. The number of aryl methyl sites for hydroxylation is 1. The van der Waals surface area contributed by atoms with Crippen LogP contribution < -0.4 is 5.32 Å². The van der Waals surface area contributed by atoms with E-state index in [9.17, 15) is 4.79 Å². The molecule has 0 fully saturated rings. The fourth-order valence-electron chi connectivity index (χ4n) is 3.41. The fraction of sp³-hybridized carbons (Fsp3) is 0.0435. The van der Waals surface area contributed by atoms with E-state index in [0.29, 0.717) is 17.2 Å². The van der Waals surface area contributed by atoms with Crippen molar-refractivity contribution in [3.8, 4) is 11.3 Å². The lowest BCUT2D eigenvalue weighted by Gasteiger charge is -2.07. The molecule has 0 unspecified atom stereocenters. The molecule has 5 aromatic rings. The Morgan fingerprint density at radius 2 is 1.86 bits per heavy atom. The van der Waals surface area contributed by atoms with Crippen LogP contribution in [0.15, 0.2) is 79.1 Å². The summed E-state index contributed by atoms with van der Waals surface area (Å²) in [5.74, 6) is 0.399. The number of hydrogen-bond acceptors (Lipinski definition) is 4. The van der Waals surface area contributed by atoms with Crippen LogP contribution in [-0.4, -0.2) is 25.3 Å². The molecular weight excluding hydrogens is 362 g/mol. The normalized spacial score (nSPS) is 11.1. The zero-order chi connectivity index (χ0) is 19.8. The SMILES string of the molecule is Cc1c(-c2cccc(NC(=O)c3ccc4ccccc4n3)c2)nc2ncccn12. The molecule has 6 nitrogen and oxygen atoms in total. The van der Waals surface area contributed by atoms with E-state index in [-0.39, 0.29) is 5.91 Å². The largest absolute Gasteiger partial charge is 0.321 e. The Balaban J connectivity index is 1.46. The first-order valence-corrected chi connectivity index (χ1v) is 9.26. The molecule has 0 aliphatic rings. The van der Waals surface area contributed by atoms with Gasteiger partial charge in [0, 0.05) is 34.7 Å². The van der Waals surface area contributed by atoms with E-state index in [2.05, 4.69) is 20.3 Å². The second-order valence-electron chi connectivity index (χ2n) is 6.76. The van der Waals surface area contributed by atoms with Gasteiger partial charge in [-0.3, -0.25) is 9.20 Å². The smallest absolute Gasteiger partial charge is 0.274 e.